The summed E-state index contributed by atoms with van der Waals surface area (Å²) in [6.07, 6.45) is -0.813. The van der Waals surface area contributed by atoms with Gasteiger partial charge < -0.3 is 15.6 Å². The summed E-state index contributed by atoms with van der Waals surface area (Å²) in [7, 11) is 0. The van der Waals surface area contributed by atoms with Gasteiger partial charge in [-0.25, -0.2) is 4.79 Å². The summed E-state index contributed by atoms with van der Waals surface area (Å²) in [5.74, 6) is -1.84. The Morgan fingerprint density at radius 2 is 2.18 bits per heavy atom. The van der Waals surface area contributed by atoms with Gasteiger partial charge in [0.25, 0.3) is 0 Å². The number of carboxylic acid groups (broad SMARTS) is 1. The molecule has 0 spiro atoms. The molecule has 11 heavy (non-hydrogen) atoms. The van der Waals surface area contributed by atoms with E-state index in [2.05, 4.69) is 4.74 Å². The molecule has 0 saturated heterocycles. The standard InChI is InChI=1S/C6H11NO4/c1-2-4(6(9)10)11-5(8)3-7/h4H,2-3,7H2,1H3,(H,9,10). The Morgan fingerprint density at radius 1 is 1.64 bits per heavy atom. The third kappa shape index (κ3) is 3.57. The minimum atomic E-state index is -1.14. The lowest BCUT2D eigenvalue weighted by molar-refractivity contribution is -0.163. The summed E-state index contributed by atoms with van der Waals surface area (Å²) < 4.78 is 4.45. The largest absolute Gasteiger partial charge is 0.479 e. The van der Waals surface area contributed by atoms with Crippen molar-refractivity contribution >= 4 is 11.9 Å². The lowest BCUT2D eigenvalue weighted by atomic mass is 10.3. The maximum atomic E-state index is 10.5. The molecule has 0 bridgehead atoms. The van der Waals surface area contributed by atoms with Crippen LogP contribution in [0.2, 0.25) is 0 Å². The summed E-state index contributed by atoms with van der Waals surface area (Å²) in [4.78, 5) is 20.7. The zero-order valence-corrected chi connectivity index (χ0v) is 6.24. The van der Waals surface area contributed by atoms with Crippen molar-refractivity contribution < 1.29 is 19.4 Å². The van der Waals surface area contributed by atoms with Crippen molar-refractivity contribution in [1.82, 2.24) is 0 Å². The van der Waals surface area contributed by atoms with Crippen LogP contribution in [0, 0.1) is 0 Å². The van der Waals surface area contributed by atoms with Crippen LogP contribution in [-0.2, 0) is 14.3 Å². The highest BCUT2D eigenvalue weighted by Gasteiger charge is 2.18. The van der Waals surface area contributed by atoms with Crippen molar-refractivity contribution in [3.63, 3.8) is 0 Å². The predicted molar refractivity (Wildman–Crippen MR) is 36.9 cm³/mol. The highest BCUT2D eigenvalue weighted by Crippen LogP contribution is 1.97. The molecule has 0 heterocycles. The van der Waals surface area contributed by atoms with Crippen LogP contribution in [-0.4, -0.2) is 29.7 Å². The molecule has 0 aliphatic carbocycles. The van der Waals surface area contributed by atoms with E-state index in [0.717, 1.165) is 0 Å². The normalized spacial score (nSPS) is 12.2. The minimum absolute atomic E-state index is 0.251. The molecule has 0 fully saturated rings. The molecule has 0 aliphatic heterocycles. The quantitative estimate of drug-likeness (QED) is 0.535. The zero-order chi connectivity index (χ0) is 8.85. The molecule has 0 aromatic heterocycles. The number of hydrogen-bond acceptors (Lipinski definition) is 4. The monoisotopic (exact) mass is 161 g/mol. The molecule has 64 valence electrons. The molecule has 0 aromatic carbocycles. The van der Waals surface area contributed by atoms with E-state index in [1.54, 1.807) is 6.92 Å². The fourth-order valence-corrected chi connectivity index (χ4v) is 0.515. The van der Waals surface area contributed by atoms with E-state index in [1.165, 1.54) is 0 Å². The van der Waals surface area contributed by atoms with Gasteiger partial charge in [-0.15, -0.1) is 0 Å². The lowest BCUT2D eigenvalue weighted by Crippen LogP contribution is -2.29. The third-order valence-electron chi connectivity index (χ3n) is 1.09. The van der Waals surface area contributed by atoms with Crippen molar-refractivity contribution in [3.8, 4) is 0 Å². The molecule has 0 aromatic rings. The molecule has 5 nitrogen and oxygen atoms in total. The molecule has 0 aliphatic rings. The average Bonchev–Trinajstić information content (AvgIpc) is 1.99. The highest BCUT2D eigenvalue weighted by atomic mass is 16.6. The number of aliphatic carboxylic acids is 1. The van der Waals surface area contributed by atoms with Gasteiger partial charge in [-0.1, -0.05) is 6.92 Å². The number of esters is 1. The van der Waals surface area contributed by atoms with Crippen molar-refractivity contribution in [3.05, 3.63) is 0 Å². The van der Waals surface area contributed by atoms with Gasteiger partial charge >= 0.3 is 11.9 Å². The molecule has 1 unspecified atom stereocenters. The van der Waals surface area contributed by atoms with E-state index in [4.69, 9.17) is 10.8 Å². The highest BCUT2D eigenvalue weighted by molar-refractivity contribution is 5.78. The van der Waals surface area contributed by atoms with Gasteiger partial charge in [0, 0.05) is 0 Å². The van der Waals surface area contributed by atoms with E-state index in [0.29, 0.717) is 0 Å². The number of hydrogen-bond donors (Lipinski definition) is 2. The van der Waals surface area contributed by atoms with Crippen molar-refractivity contribution in [2.24, 2.45) is 5.73 Å². The van der Waals surface area contributed by atoms with Gasteiger partial charge in [0.05, 0.1) is 6.54 Å². The average molecular weight is 161 g/mol. The van der Waals surface area contributed by atoms with Gasteiger partial charge in [-0.3, -0.25) is 4.79 Å². The second-order valence-electron chi connectivity index (χ2n) is 1.93. The molecule has 0 rings (SSSR count). The summed E-state index contributed by atoms with van der Waals surface area (Å²) >= 11 is 0. The number of ether oxygens (including phenoxy) is 1. The van der Waals surface area contributed by atoms with Gasteiger partial charge in [0.1, 0.15) is 0 Å². The molecule has 3 N–H and O–H groups in total. The Labute approximate surface area is 64.1 Å². The van der Waals surface area contributed by atoms with Crippen LogP contribution in [0.15, 0.2) is 0 Å². The van der Waals surface area contributed by atoms with Crippen molar-refractivity contribution in [2.45, 2.75) is 19.4 Å². The van der Waals surface area contributed by atoms with Crippen LogP contribution >= 0.6 is 0 Å². The summed E-state index contributed by atoms with van der Waals surface area (Å²) in [6, 6.07) is 0. The minimum Gasteiger partial charge on any atom is -0.479 e. The Hall–Kier alpha value is -1.10. The first-order chi connectivity index (χ1) is 5.11. The van der Waals surface area contributed by atoms with Gasteiger partial charge in [-0.05, 0) is 6.42 Å². The van der Waals surface area contributed by atoms with Gasteiger partial charge in [0.2, 0.25) is 0 Å². The molecule has 1 atom stereocenters. The van der Waals surface area contributed by atoms with Crippen molar-refractivity contribution in [2.75, 3.05) is 6.54 Å². The van der Waals surface area contributed by atoms with Crippen LogP contribution in [0.3, 0.4) is 0 Å². The first-order valence-electron chi connectivity index (χ1n) is 3.24. The SMILES string of the molecule is CCC(OC(=O)CN)C(=O)O. The Bertz CT molecular complexity index is 157. The van der Waals surface area contributed by atoms with E-state index in [-0.39, 0.29) is 13.0 Å². The number of carboxylic acids is 1. The fraction of sp³-hybridized carbons (Fsp3) is 0.667. The van der Waals surface area contributed by atoms with Crippen LogP contribution in [0.1, 0.15) is 13.3 Å². The van der Waals surface area contributed by atoms with E-state index >= 15 is 0 Å². The Kier molecular flexibility index (Phi) is 4.21. The van der Waals surface area contributed by atoms with Crippen LogP contribution < -0.4 is 5.73 Å². The van der Waals surface area contributed by atoms with E-state index in [9.17, 15) is 9.59 Å². The molecule has 0 saturated carbocycles. The smallest absolute Gasteiger partial charge is 0.345 e. The fourth-order valence-electron chi connectivity index (χ4n) is 0.515. The maximum absolute atomic E-state index is 10.5. The second kappa shape index (κ2) is 4.68. The van der Waals surface area contributed by atoms with E-state index in [1.807, 2.05) is 0 Å². The number of carbonyl (C=O) groups is 2. The topological polar surface area (TPSA) is 89.6 Å². The molecule has 0 amide bonds. The van der Waals surface area contributed by atoms with Crippen LogP contribution in [0.5, 0.6) is 0 Å². The van der Waals surface area contributed by atoms with Crippen LogP contribution in [0.4, 0.5) is 0 Å². The maximum Gasteiger partial charge on any atom is 0.345 e. The number of nitrogens with two attached hydrogens (primary N) is 1. The molecule has 5 heteroatoms. The number of carbonyl (C=O) groups excluding carboxylic acids is 1. The first-order valence-corrected chi connectivity index (χ1v) is 3.24. The number of rotatable bonds is 4. The Balaban J connectivity index is 3.88. The molecule has 0 radical (unpaired) electrons. The van der Waals surface area contributed by atoms with Crippen LogP contribution in [0.25, 0.3) is 0 Å². The summed E-state index contributed by atoms with van der Waals surface area (Å²) in [5.41, 5.74) is 4.91. The zero-order valence-electron chi connectivity index (χ0n) is 6.24. The first kappa shape index (κ1) is 9.90. The van der Waals surface area contributed by atoms with Gasteiger partial charge in [0.15, 0.2) is 6.10 Å². The predicted octanol–water partition coefficient (Wildman–Crippen LogP) is -0.648. The molecular weight excluding hydrogens is 150 g/mol. The summed E-state index contributed by atoms with van der Waals surface area (Å²) in [6.45, 7) is 1.33. The third-order valence-corrected chi connectivity index (χ3v) is 1.09. The second-order valence-corrected chi connectivity index (χ2v) is 1.93. The van der Waals surface area contributed by atoms with E-state index < -0.39 is 18.0 Å². The Morgan fingerprint density at radius 3 is 2.45 bits per heavy atom. The lowest BCUT2D eigenvalue weighted by Gasteiger charge is -2.09. The van der Waals surface area contributed by atoms with Gasteiger partial charge in [-0.2, -0.15) is 0 Å². The summed E-state index contributed by atoms with van der Waals surface area (Å²) in [5, 5.41) is 8.40. The van der Waals surface area contributed by atoms with Crippen molar-refractivity contribution in [1.29, 1.82) is 0 Å². The molecular formula is C6H11NO4.